The first-order valence-electron chi connectivity index (χ1n) is 3.87. The van der Waals surface area contributed by atoms with Crippen LogP contribution in [0.2, 0.25) is 0 Å². The Morgan fingerprint density at radius 1 is 0.812 bits per heavy atom. The molecule has 0 radical (unpaired) electrons. The standard InChI is InChI=1S/C4H4Cl2O3.C4H6O3/c5-1-3(7)9-4(8)2-6;1-3(5)7-4(2)6/h1-2H2;1-2H3. The Labute approximate surface area is 102 Å². The number of ether oxygens (including phenoxy) is 2. The van der Waals surface area contributed by atoms with E-state index in [2.05, 4.69) is 9.47 Å². The van der Waals surface area contributed by atoms with Gasteiger partial charge in [0.1, 0.15) is 11.8 Å². The highest BCUT2D eigenvalue weighted by Crippen LogP contribution is 1.86. The van der Waals surface area contributed by atoms with Crippen molar-refractivity contribution in [2.45, 2.75) is 13.8 Å². The van der Waals surface area contributed by atoms with Crippen LogP contribution in [0, 0.1) is 0 Å². The molecule has 92 valence electrons. The minimum atomic E-state index is -0.776. The molecule has 0 heterocycles. The van der Waals surface area contributed by atoms with E-state index in [1.165, 1.54) is 13.8 Å². The molecule has 0 N–H and O–H groups in total. The fraction of sp³-hybridized carbons (Fsp3) is 0.500. The van der Waals surface area contributed by atoms with Crippen molar-refractivity contribution in [2.24, 2.45) is 0 Å². The number of carbonyl (C=O) groups excluding carboxylic acids is 4. The summed E-state index contributed by atoms with van der Waals surface area (Å²) in [5.74, 6) is -3.34. The van der Waals surface area contributed by atoms with Crippen LogP contribution < -0.4 is 0 Å². The molecule has 0 atom stereocenters. The Morgan fingerprint density at radius 3 is 1.25 bits per heavy atom. The summed E-state index contributed by atoms with van der Waals surface area (Å²) in [6.45, 7) is 2.36. The van der Waals surface area contributed by atoms with Crippen molar-refractivity contribution >= 4 is 47.1 Å². The zero-order valence-corrected chi connectivity index (χ0v) is 10.1. The minimum absolute atomic E-state index is 0.331. The van der Waals surface area contributed by atoms with Crippen molar-refractivity contribution in [2.75, 3.05) is 11.8 Å². The molecular formula is C8H10Cl2O6. The van der Waals surface area contributed by atoms with Gasteiger partial charge in [0.05, 0.1) is 0 Å². The van der Waals surface area contributed by atoms with Gasteiger partial charge >= 0.3 is 23.9 Å². The monoisotopic (exact) mass is 272 g/mol. The van der Waals surface area contributed by atoms with Gasteiger partial charge in [-0.3, -0.25) is 19.2 Å². The number of rotatable bonds is 2. The maximum absolute atomic E-state index is 10.1. The number of carbonyl (C=O) groups is 4. The van der Waals surface area contributed by atoms with Gasteiger partial charge in [-0.1, -0.05) is 0 Å². The number of hydrogen-bond donors (Lipinski definition) is 0. The van der Waals surface area contributed by atoms with Gasteiger partial charge in [0.2, 0.25) is 0 Å². The van der Waals surface area contributed by atoms with Gasteiger partial charge in [0, 0.05) is 13.8 Å². The molecule has 0 rings (SSSR count). The Bertz CT molecular complexity index is 250. The second-order valence-electron chi connectivity index (χ2n) is 2.20. The van der Waals surface area contributed by atoms with Gasteiger partial charge < -0.3 is 9.47 Å². The van der Waals surface area contributed by atoms with Crippen LogP contribution in [0.15, 0.2) is 0 Å². The van der Waals surface area contributed by atoms with E-state index < -0.39 is 23.9 Å². The first-order valence-corrected chi connectivity index (χ1v) is 4.94. The van der Waals surface area contributed by atoms with Gasteiger partial charge in [-0.15, -0.1) is 23.2 Å². The molecule has 0 aromatic rings. The maximum Gasteiger partial charge on any atom is 0.328 e. The highest BCUT2D eigenvalue weighted by molar-refractivity contribution is 6.29. The van der Waals surface area contributed by atoms with Crippen molar-refractivity contribution in [1.29, 1.82) is 0 Å². The van der Waals surface area contributed by atoms with Gasteiger partial charge in [-0.05, 0) is 0 Å². The molecule has 0 amide bonds. The van der Waals surface area contributed by atoms with Crippen LogP contribution in [-0.4, -0.2) is 35.6 Å². The molecule has 0 saturated heterocycles. The zero-order valence-electron chi connectivity index (χ0n) is 8.62. The Kier molecular flexibility index (Phi) is 11.2. The van der Waals surface area contributed by atoms with Gasteiger partial charge in [-0.25, -0.2) is 0 Å². The molecule has 0 fully saturated rings. The molecule has 16 heavy (non-hydrogen) atoms. The van der Waals surface area contributed by atoms with E-state index in [0.717, 1.165) is 0 Å². The van der Waals surface area contributed by atoms with Gasteiger partial charge in [-0.2, -0.15) is 0 Å². The molecule has 0 aliphatic rings. The topological polar surface area (TPSA) is 86.7 Å². The van der Waals surface area contributed by atoms with Crippen LogP contribution in [0.3, 0.4) is 0 Å². The lowest BCUT2D eigenvalue weighted by atomic mass is 10.7. The number of halogens is 2. The average molecular weight is 273 g/mol. The second kappa shape index (κ2) is 10.4. The molecular weight excluding hydrogens is 263 g/mol. The van der Waals surface area contributed by atoms with Crippen molar-refractivity contribution in [1.82, 2.24) is 0 Å². The second-order valence-corrected chi connectivity index (χ2v) is 2.73. The summed E-state index contributed by atoms with van der Waals surface area (Å²) < 4.78 is 7.98. The fourth-order valence-corrected chi connectivity index (χ4v) is 0.493. The summed E-state index contributed by atoms with van der Waals surface area (Å²) in [5.41, 5.74) is 0. The van der Waals surface area contributed by atoms with Crippen LogP contribution in [0.5, 0.6) is 0 Å². The molecule has 0 aromatic carbocycles. The van der Waals surface area contributed by atoms with Crippen molar-refractivity contribution in [3.05, 3.63) is 0 Å². The molecule has 8 heteroatoms. The first-order chi connectivity index (χ1) is 7.33. The SMILES string of the molecule is CC(=O)OC(C)=O.O=C(CCl)OC(=O)CCl. The van der Waals surface area contributed by atoms with E-state index in [1.54, 1.807) is 0 Å². The van der Waals surface area contributed by atoms with Crippen molar-refractivity contribution in [3.63, 3.8) is 0 Å². The largest absolute Gasteiger partial charge is 0.394 e. The zero-order chi connectivity index (χ0) is 13.1. The smallest absolute Gasteiger partial charge is 0.328 e. The highest BCUT2D eigenvalue weighted by Gasteiger charge is 2.05. The quantitative estimate of drug-likeness (QED) is 0.416. The number of esters is 4. The summed E-state index contributed by atoms with van der Waals surface area (Å²) in [6, 6.07) is 0. The van der Waals surface area contributed by atoms with E-state index in [4.69, 9.17) is 23.2 Å². The van der Waals surface area contributed by atoms with E-state index in [1.807, 2.05) is 0 Å². The third-order valence-electron chi connectivity index (χ3n) is 0.733. The van der Waals surface area contributed by atoms with E-state index in [0.29, 0.717) is 0 Å². The Morgan fingerprint density at radius 2 is 1.12 bits per heavy atom. The van der Waals surface area contributed by atoms with Crippen LogP contribution in [-0.2, 0) is 28.7 Å². The van der Waals surface area contributed by atoms with Crippen molar-refractivity contribution < 1.29 is 28.7 Å². The van der Waals surface area contributed by atoms with E-state index in [9.17, 15) is 19.2 Å². The minimum Gasteiger partial charge on any atom is -0.394 e. The lowest BCUT2D eigenvalue weighted by molar-refractivity contribution is -0.157. The Balaban J connectivity index is 0. The third kappa shape index (κ3) is 15.3. The Hall–Kier alpha value is -1.14. The lowest BCUT2D eigenvalue weighted by Gasteiger charge is -1.93. The van der Waals surface area contributed by atoms with Crippen LogP contribution in [0.25, 0.3) is 0 Å². The molecule has 0 aliphatic heterocycles. The summed E-state index contributed by atoms with van der Waals surface area (Å²) in [7, 11) is 0. The summed E-state index contributed by atoms with van der Waals surface area (Å²) >= 11 is 9.97. The summed E-state index contributed by atoms with van der Waals surface area (Å²) in [4.78, 5) is 39.9. The molecule has 0 bridgehead atoms. The molecule has 0 aliphatic carbocycles. The predicted octanol–water partition coefficient (Wildman–Crippen LogP) is 0.630. The molecule has 0 unspecified atom stereocenters. The van der Waals surface area contributed by atoms with E-state index >= 15 is 0 Å². The lowest BCUT2D eigenvalue weighted by Crippen LogP contribution is -2.13. The third-order valence-corrected chi connectivity index (χ3v) is 1.17. The summed E-state index contributed by atoms with van der Waals surface area (Å²) in [5, 5.41) is 0. The fourth-order valence-electron chi connectivity index (χ4n) is 0.384. The van der Waals surface area contributed by atoms with Crippen LogP contribution in [0.1, 0.15) is 13.8 Å². The highest BCUT2D eigenvalue weighted by atomic mass is 35.5. The average Bonchev–Trinajstić information content (AvgIpc) is 2.16. The molecule has 6 nitrogen and oxygen atoms in total. The number of hydrogen-bond acceptors (Lipinski definition) is 6. The molecule has 0 saturated carbocycles. The van der Waals surface area contributed by atoms with Crippen LogP contribution in [0.4, 0.5) is 0 Å². The first kappa shape index (κ1) is 17.3. The van der Waals surface area contributed by atoms with Gasteiger partial charge in [0.25, 0.3) is 0 Å². The maximum atomic E-state index is 10.1. The summed E-state index contributed by atoms with van der Waals surface area (Å²) in [6.07, 6.45) is 0. The van der Waals surface area contributed by atoms with Crippen LogP contribution >= 0.6 is 23.2 Å². The predicted molar refractivity (Wildman–Crippen MR) is 55.0 cm³/mol. The van der Waals surface area contributed by atoms with E-state index in [-0.39, 0.29) is 11.8 Å². The number of alkyl halides is 2. The molecule has 0 spiro atoms. The van der Waals surface area contributed by atoms with Crippen molar-refractivity contribution in [3.8, 4) is 0 Å². The molecule has 0 aromatic heterocycles. The normalized spacial score (nSPS) is 8.25. The van der Waals surface area contributed by atoms with Gasteiger partial charge in [0.15, 0.2) is 0 Å².